The van der Waals surface area contributed by atoms with Gasteiger partial charge in [-0.05, 0) is 87.3 Å². The third-order valence-electron chi connectivity index (χ3n) is 11.8. The van der Waals surface area contributed by atoms with Crippen molar-refractivity contribution in [2.24, 2.45) is 0 Å². The summed E-state index contributed by atoms with van der Waals surface area (Å²) in [5.41, 5.74) is 16.0. The molecule has 0 radical (unpaired) electrons. The van der Waals surface area contributed by atoms with E-state index in [1.54, 1.807) is 0 Å². The van der Waals surface area contributed by atoms with Crippen molar-refractivity contribution in [2.45, 2.75) is 12.3 Å². The van der Waals surface area contributed by atoms with Crippen LogP contribution >= 0.6 is 11.3 Å². The Hall–Kier alpha value is -6.94. The molecule has 1 atom stereocenters. The van der Waals surface area contributed by atoms with Gasteiger partial charge in [-0.15, -0.1) is 11.3 Å². The lowest BCUT2D eigenvalue weighted by molar-refractivity contribution is 0.716. The van der Waals surface area contributed by atoms with Crippen LogP contribution in [0.1, 0.15) is 23.6 Å². The van der Waals surface area contributed by atoms with Gasteiger partial charge in [0.1, 0.15) is 0 Å². The average Bonchev–Trinajstić information content (AvgIpc) is 3.80. The van der Waals surface area contributed by atoms with Crippen LogP contribution in [0.5, 0.6) is 0 Å². The number of thiophene rings is 1. The molecule has 11 rings (SSSR count). The molecule has 0 aliphatic heterocycles. The van der Waals surface area contributed by atoms with Crippen molar-refractivity contribution in [2.75, 3.05) is 0 Å². The Kier molecular flexibility index (Phi) is 7.84. The highest BCUT2D eigenvalue weighted by molar-refractivity contribution is 7.25. The summed E-state index contributed by atoms with van der Waals surface area (Å²) in [5, 5.41) is 2.61. The molecule has 10 aromatic rings. The van der Waals surface area contributed by atoms with Gasteiger partial charge in [0.15, 0.2) is 5.82 Å². The highest BCUT2D eigenvalue weighted by Gasteiger charge is 2.42. The lowest BCUT2D eigenvalue weighted by atomic mass is 9.72. The van der Waals surface area contributed by atoms with Crippen molar-refractivity contribution in [1.82, 2.24) is 9.97 Å². The molecule has 1 aliphatic rings. The standard InChI is InChI=1S/C54H36N2S/c1-54(41-18-6-3-7-19-41)47-24-10-8-20-43(47)45-23-13-22-42(52(45)54)35-26-28-36(29-27-35)48-34-49(56-53(55-48)37-14-4-2-5-15-37)40-17-12-16-38(32-40)39-30-31-51-46(33-39)44-21-9-11-25-50(44)57-51/h2-34H,1H3. The molecule has 2 nitrogen and oxygen atoms in total. The van der Waals surface area contributed by atoms with Crippen LogP contribution < -0.4 is 0 Å². The second-order valence-electron chi connectivity index (χ2n) is 15.1. The quantitative estimate of drug-likeness (QED) is 0.169. The monoisotopic (exact) mass is 744 g/mol. The molecule has 2 heterocycles. The van der Waals surface area contributed by atoms with Gasteiger partial charge >= 0.3 is 0 Å². The number of fused-ring (bicyclic) bond motifs is 6. The van der Waals surface area contributed by atoms with Gasteiger partial charge in [0.2, 0.25) is 0 Å². The Balaban J connectivity index is 1.00. The Morgan fingerprint density at radius 1 is 0.386 bits per heavy atom. The molecule has 0 spiro atoms. The van der Waals surface area contributed by atoms with Crippen LogP contribution in [-0.2, 0) is 5.41 Å². The maximum absolute atomic E-state index is 5.18. The molecule has 57 heavy (non-hydrogen) atoms. The van der Waals surface area contributed by atoms with Gasteiger partial charge < -0.3 is 0 Å². The van der Waals surface area contributed by atoms with Crippen molar-refractivity contribution in [3.63, 3.8) is 0 Å². The normalized spacial score (nSPS) is 14.5. The van der Waals surface area contributed by atoms with Crippen molar-refractivity contribution in [3.8, 4) is 67.3 Å². The van der Waals surface area contributed by atoms with E-state index in [0.717, 1.165) is 33.6 Å². The van der Waals surface area contributed by atoms with Crippen LogP contribution in [0.4, 0.5) is 0 Å². The van der Waals surface area contributed by atoms with Gasteiger partial charge in [0, 0.05) is 42.3 Å². The molecule has 0 saturated heterocycles. The van der Waals surface area contributed by atoms with E-state index in [-0.39, 0.29) is 5.41 Å². The summed E-state index contributed by atoms with van der Waals surface area (Å²) in [6.45, 7) is 2.38. The van der Waals surface area contributed by atoms with E-state index in [9.17, 15) is 0 Å². The number of hydrogen-bond donors (Lipinski definition) is 0. The summed E-state index contributed by atoms with van der Waals surface area (Å²) in [5.74, 6) is 0.709. The molecule has 0 saturated carbocycles. The summed E-state index contributed by atoms with van der Waals surface area (Å²) >= 11 is 1.85. The van der Waals surface area contributed by atoms with Crippen LogP contribution in [0, 0.1) is 0 Å². The van der Waals surface area contributed by atoms with E-state index in [2.05, 4.69) is 189 Å². The average molecular weight is 745 g/mol. The molecule has 0 N–H and O–H groups in total. The molecular formula is C54H36N2S. The fourth-order valence-corrected chi connectivity index (χ4v) is 10.0. The molecule has 8 aromatic carbocycles. The maximum atomic E-state index is 5.18. The van der Waals surface area contributed by atoms with Crippen molar-refractivity contribution in [1.29, 1.82) is 0 Å². The van der Waals surface area contributed by atoms with Crippen LogP contribution in [0.25, 0.3) is 87.5 Å². The minimum absolute atomic E-state index is 0.285. The number of aromatic nitrogens is 2. The van der Waals surface area contributed by atoms with Gasteiger partial charge in [-0.2, -0.15) is 0 Å². The molecule has 268 valence electrons. The Labute approximate surface area is 336 Å². The molecule has 0 amide bonds. The van der Waals surface area contributed by atoms with Gasteiger partial charge in [0.05, 0.1) is 11.4 Å². The summed E-state index contributed by atoms with van der Waals surface area (Å²) in [4.78, 5) is 10.4. The molecule has 0 fully saturated rings. The summed E-state index contributed by atoms with van der Waals surface area (Å²) < 4.78 is 2.62. The fraction of sp³-hybridized carbons (Fsp3) is 0.0370. The fourth-order valence-electron chi connectivity index (χ4n) is 8.96. The minimum atomic E-state index is -0.285. The zero-order chi connectivity index (χ0) is 37.9. The summed E-state index contributed by atoms with van der Waals surface area (Å²) in [7, 11) is 0. The maximum Gasteiger partial charge on any atom is 0.160 e. The van der Waals surface area contributed by atoms with E-state index in [1.807, 2.05) is 29.5 Å². The van der Waals surface area contributed by atoms with E-state index >= 15 is 0 Å². The first-order valence-electron chi connectivity index (χ1n) is 19.5. The van der Waals surface area contributed by atoms with Crippen LogP contribution in [-0.4, -0.2) is 9.97 Å². The molecule has 1 unspecified atom stereocenters. The smallest absolute Gasteiger partial charge is 0.160 e. The van der Waals surface area contributed by atoms with E-state index in [4.69, 9.17) is 9.97 Å². The zero-order valence-electron chi connectivity index (χ0n) is 31.4. The van der Waals surface area contributed by atoms with Gasteiger partial charge in [-0.3, -0.25) is 0 Å². The third kappa shape index (κ3) is 5.54. The van der Waals surface area contributed by atoms with Crippen molar-refractivity contribution >= 4 is 31.5 Å². The molecule has 1 aliphatic carbocycles. The number of nitrogens with zero attached hydrogens (tertiary/aromatic N) is 2. The molecular weight excluding hydrogens is 709 g/mol. The van der Waals surface area contributed by atoms with Crippen molar-refractivity contribution in [3.05, 3.63) is 217 Å². The number of benzene rings is 8. The second-order valence-corrected chi connectivity index (χ2v) is 16.1. The van der Waals surface area contributed by atoms with Crippen LogP contribution in [0.2, 0.25) is 0 Å². The first-order valence-corrected chi connectivity index (χ1v) is 20.3. The summed E-state index contributed by atoms with van der Waals surface area (Å²) in [6.07, 6.45) is 0. The van der Waals surface area contributed by atoms with Crippen LogP contribution in [0.15, 0.2) is 200 Å². The minimum Gasteiger partial charge on any atom is -0.228 e. The lowest BCUT2D eigenvalue weighted by Crippen LogP contribution is -2.23. The van der Waals surface area contributed by atoms with E-state index < -0.39 is 0 Å². The highest BCUT2D eigenvalue weighted by Crippen LogP contribution is 2.55. The first-order chi connectivity index (χ1) is 28.1. The Bertz CT molecular complexity index is 3130. The number of hydrogen-bond acceptors (Lipinski definition) is 3. The molecule has 3 heteroatoms. The zero-order valence-corrected chi connectivity index (χ0v) is 32.2. The van der Waals surface area contributed by atoms with E-state index in [0.29, 0.717) is 5.82 Å². The van der Waals surface area contributed by atoms with Crippen LogP contribution in [0.3, 0.4) is 0 Å². The third-order valence-corrected chi connectivity index (χ3v) is 12.9. The second kappa shape index (κ2) is 13.4. The molecule has 2 aromatic heterocycles. The summed E-state index contributed by atoms with van der Waals surface area (Å²) in [6, 6.07) is 72.2. The number of rotatable bonds is 6. The Morgan fingerprint density at radius 3 is 1.81 bits per heavy atom. The predicted molar refractivity (Wildman–Crippen MR) is 240 cm³/mol. The molecule has 0 bridgehead atoms. The predicted octanol–water partition coefficient (Wildman–Crippen LogP) is 14.5. The van der Waals surface area contributed by atoms with Gasteiger partial charge in [0.25, 0.3) is 0 Å². The topological polar surface area (TPSA) is 25.8 Å². The van der Waals surface area contributed by atoms with Gasteiger partial charge in [-0.1, -0.05) is 170 Å². The highest BCUT2D eigenvalue weighted by atomic mass is 32.1. The Morgan fingerprint density at radius 2 is 0.965 bits per heavy atom. The first kappa shape index (κ1) is 33.4. The van der Waals surface area contributed by atoms with Gasteiger partial charge in [-0.25, -0.2) is 9.97 Å². The lowest BCUT2D eigenvalue weighted by Gasteiger charge is -2.30. The van der Waals surface area contributed by atoms with Crippen molar-refractivity contribution < 1.29 is 0 Å². The largest absolute Gasteiger partial charge is 0.228 e. The SMILES string of the molecule is CC1(c2ccccc2)c2ccccc2-c2cccc(-c3ccc(-c4cc(-c5cccc(-c6ccc7sc8ccccc8c7c6)c5)nc(-c5ccccc5)n4)cc3)c21. The van der Waals surface area contributed by atoms with E-state index in [1.165, 1.54) is 64.7 Å².